The van der Waals surface area contributed by atoms with E-state index in [4.69, 9.17) is 15.5 Å². The predicted molar refractivity (Wildman–Crippen MR) is 56.9 cm³/mol. The van der Waals surface area contributed by atoms with Crippen molar-refractivity contribution in [1.29, 1.82) is 0 Å². The molecule has 0 aromatic carbocycles. The molecule has 0 unspecified atom stereocenters. The molecule has 13 heavy (non-hydrogen) atoms. The topological polar surface area (TPSA) is 83.6 Å². The zero-order valence-electron chi connectivity index (χ0n) is 7.85. The van der Waals surface area contributed by atoms with E-state index in [0.717, 1.165) is 24.3 Å². The Hall–Kier alpha value is 0.460. The molecule has 0 aliphatic carbocycles. The normalized spacial score (nSPS) is 14.5. The highest BCUT2D eigenvalue weighted by Gasteiger charge is 2.23. The van der Waals surface area contributed by atoms with Crippen molar-refractivity contribution in [2.75, 3.05) is 11.5 Å². The quantitative estimate of drug-likeness (QED) is 0.452. The molecule has 0 aliphatic heterocycles. The summed E-state index contributed by atoms with van der Waals surface area (Å²) in [6, 6.07) is 0. The second-order valence-electron chi connectivity index (χ2n) is 2.91. The van der Waals surface area contributed by atoms with Gasteiger partial charge in [0.15, 0.2) is 0 Å². The molecule has 6 heteroatoms. The Balaban J connectivity index is 3.38. The van der Waals surface area contributed by atoms with Gasteiger partial charge in [0.25, 0.3) is 0 Å². The van der Waals surface area contributed by atoms with Crippen molar-refractivity contribution in [2.24, 2.45) is 5.73 Å². The lowest BCUT2D eigenvalue weighted by Crippen LogP contribution is -2.20. The van der Waals surface area contributed by atoms with Crippen LogP contribution in [0.1, 0.15) is 26.2 Å². The van der Waals surface area contributed by atoms with Crippen molar-refractivity contribution < 1.29 is 14.4 Å². The Morgan fingerprint density at radius 2 is 2.08 bits per heavy atom. The second kappa shape index (κ2) is 6.85. The number of hydrogen-bond donors (Lipinski definition) is 3. The van der Waals surface area contributed by atoms with Crippen molar-refractivity contribution in [3.8, 4) is 0 Å². The first-order valence-electron chi connectivity index (χ1n) is 4.37. The fourth-order valence-electron chi connectivity index (χ4n) is 0.721. The highest BCUT2D eigenvalue weighted by Crippen LogP contribution is 2.39. The molecule has 0 fully saturated rings. The number of nitrogens with two attached hydrogens (primary N) is 1. The molecule has 0 spiro atoms. The third-order valence-electron chi connectivity index (χ3n) is 1.63. The molecule has 0 aliphatic rings. The largest absolute Gasteiger partial charge is 0.342 e. The van der Waals surface area contributed by atoms with E-state index in [-0.39, 0.29) is 0 Å². The number of thioether (sulfide) groups is 1. The van der Waals surface area contributed by atoms with Crippen LogP contribution in [0.4, 0.5) is 0 Å². The van der Waals surface area contributed by atoms with Crippen LogP contribution in [0.2, 0.25) is 0 Å². The van der Waals surface area contributed by atoms with Crippen LogP contribution in [-0.4, -0.2) is 27.1 Å². The summed E-state index contributed by atoms with van der Waals surface area (Å²) in [4.78, 5) is 17.3. The van der Waals surface area contributed by atoms with Crippen LogP contribution in [0.3, 0.4) is 0 Å². The maximum atomic E-state index is 10.6. The van der Waals surface area contributed by atoms with Crippen LogP contribution in [0.5, 0.6) is 0 Å². The molecule has 0 radical (unpaired) electrons. The molecule has 0 rings (SSSR count). The summed E-state index contributed by atoms with van der Waals surface area (Å²) in [5, 5.41) is 0. The number of hydrogen-bond acceptors (Lipinski definition) is 3. The first-order valence-corrected chi connectivity index (χ1v) is 7.20. The average Bonchev–Trinajstić information content (AvgIpc) is 2.02. The average molecular weight is 227 g/mol. The lowest BCUT2D eigenvalue weighted by molar-refractivity contribution is 0.357. The smallest absolute Gasteiger partial charge is 0.323 e. The maximum Gasteiger partial charge on any atom is 0.342 e. The van der Waals surface area contributed by atoms with Crippen molar-refractivity contribution in [1.82, 2.24) is 0 Å². The minimum atomic E-state index is -4.05. The minimum absolute atomic E-state index is 0.388. The molecule has 0 aromatic rings. The minimum Gasteiger partial charge on any atom is -0.323 e. The molecule has 0 saturated carbocycles. The van der Waals surface area contributed by atoms with Gasteiger partial charge in [0.05, 0.1) is 0 Å². The molecule has 1 atom stereocenters. The summed E-state index contributed by atoms with van der Waals surface area (Å²) in [7, 11) is -4.05. The summed E-state index contributed by atoms with van der Waals surface area (Å²) < 4.78 is 10.6. The van der Waals surface area contributed by atoms with E-state index < -0.39 is 13.4 Å². The summed E-state index contributed by atoms with van der Waals surface area (Å²) in [5.74, 6) is 0.790. The highest BCUT2D eigenvalue weighted by atomic mass is 32.2. The van der Waals surface area contributed by atoms with E-state index in [1.165, 1.54) is 0 Å². The Bertz CT molecular complexity index is 173. The molecular weight excluding hydrogens is 209 g/mol. The Morgan fingerprint density at radius 1 is 1.46 bits per heavy atom. The van der Waals surface area contributed by atoms with E-state index in [1.54, 1.807) is 11.8 Å². The zero-order chi connectivity index (χ0) is 10.3. The van der Waals surface area contributed by atoms with E-state index in [1.807, 2.05) is 0 Å². The van der Waals surface area contributed by atoms with E-state index in [2.05, 4.69) is 6.92 Å². The Labute approximate surface area is 83.4 Å². The van der Waals surface area contributed by atoms with Crippen LogP contribution in [0, 0.1) is 0 Å². The SMILES string of the molecule is CCCCSCC[C@@H](N)P(=O)(O)O. The van der Waals surface area contributed by atoms with Gasteiger partial charge in [-0.3, -0.25) is 4.57 Å². The van der Waals surface area contributed by atoms with Gasteiger partial charge in [-0.05, 0) is 24.3 Å². The van der Waals surface area contributed by atoms with E-state index in [0.29, 0.717) is 6.42 Å². The van der Waals surface area contributed by atoms with Gasteiger partial charge < -0.3 is 15.5 Å². The van der Waals surface area contributed by atoms with Gasteiger partial charge in [-0.15, -0.1) is 0 Å². The van der Waals surface area contributed by atoms with E-state index >= 15 is 0 Å². The van der Waals surface area contributed by atoms with Crippen molar-refractivity contribution in [3.63, 3.8) is 0 Å². The second-order valence-corrected chi connectivity index (χ2v) is 5.98. The Morgan fingerprint density at radius 3 is 2.54 bits per heavy atom. The van der Waals surface area contributed by atoms with Crippen molar-refractivity contribution >= 4 is 19.4 Å². The molecule has 4 N–H and O–H groups in total. The third-order valence-corrected chi connectivity index (χ3v) is 3.86. The molecule has 0 heterocycles. The summed E-state index contributed by atoms with van der Waals surface area (Å²) >= 11 is 1.70. The van der Waals surface area contributed by atoms with Gasteiger partial charge in [-0.1, -0.05) is 13.3 Å². The summed E-state index contributed by atoms with van der Waals surface area (Å²) in [5.41, 5.74) is 5.29. The first kappa shape index (κ1) is 13.5. The van der Waals surface area contributed by atoms with Gasteiger partial charge in [0.1, 0.15) is 5.78 Å². The summed E-state index contributed by atoms with van der Waals surface area (Å²) in [6.07, 6.45) is 2.69. The van der Waals surface area contributed by atoms with Gasteiger partial charge in [0.2, 0.25) is 0 Å². The molecule has 4 nitrogen and oxygen atoms in total. The fourth-order valence-corrected chi connectivity index (χ4v) is 2.48. The lowest BCUT2D eigenvalue weighted by atomic mass is 10.4. The van der Waals surface area contributed by atoms with Crippen molar-refractivity contribution in [2.45, 2.75) is 32.0 Å². The Kier molecular flexibility index (Phi) is 7.09. The molecule has 0 saturated heterocycles. The predicted octanol–water partition coefficient (Wildman–Crippen LogP) is 1.37. The maximum absolute atomic E-state index is 10.6. The van der Waals surface area contributed by atoms with Crippen LogP contribution in [0.25, 0.3) is 0 Å². The lowest BCUT2D eigenvalue weighted by Gasteiger charge is -2.12. The number of rotatable bonds is 7. The van der Waals surface area contributed by atoms with Crippen molar-refractivity contribution in [3.05, 3.63) is 0 Å². The van der Waals surface area contributed by atoms with Crippen LogP contribution in [-0.2, 0) is 4.57 Å². The highest BCUT2D eigenvalue weighted by molar-refractivity contribution is 7.99. The van der Waals surface area contributed by atoms with Crippen LogP contribution in [0.15, 0.2) is 0 Å². The van der Waals surface area contributed by atoms with Gasteiger partial charge in [-0.2, -0.15) is 11.8 Å². The van der Waals surface area contributed by atoms with Gasteiger partial charge in [0, 0.05) is 0 Å². The monoisotopic (exact) mass is 227 g/mol. The number of unbranched alkanes of at least 4 members (excludes halogenated alkanes) is 1. The third kappa shape index (κ3) is 7.52. The molecular formula is C7H18NO3PS. The summed E-state index contributed by atoms with van der Waals surface area (Å²) in [6.45, 7) is 2.11. The van der Waals surface area contributed by atoms with Gasteiger partial charge in [-0.25, -0.2) is 0 Å². The first-order chi connectivity index (χ1) is 5.98. The molecule has 80 valence electrons. The van der Waals surface area contributed by atoms with E-state index in [9.17, 15) is 4.57 Å². The standard InChI is InChI=1S/C7H18NO3PS/c1-2-3-5-13-6-4-7(8)12(9,10)11/h7H,2-6,8H2,1H3,(H2,9,10,11)/t7-/m0/s1. The molecule has 0 amide bonds. The zero-order valence-corrected chi connectivity index (χ0v) is 9.56. The fraction of sp³-hybridized carbons (Fsp3) is 1.00. The van der Waals surface area contributed by atoms with Crippen LogP contribution >= 0.6 is 19.4 Å². The van der Waals surface area contributed by atoms with Crippen LogP contribution < -0.4 is 5.73 Å². The van der Waals surface area contributed by atoms with Gasteiger partial charge >= 0.3 is 7.60 Å². The molecule has 0 bridgehead atoms. The molecule has 0 aromatic heterocycles.